The summed E-state index contributed by atoms with van der Waals surface area (Å²) in [7, 11) is 3.74. The fourth-order valence-corrected chi connectivity index (χ4v) is 2.44. The zero-order valence-electron chi connectivity index (χ0n) is 12.0. The lowest BCUT2D eigenvalue weighted by Gasteiger charge is -2.20. The van der Waals surface area contributed by atoms with E-state index in [1.165, 1.54) is 0 Å². The van der Waals surface area contributed by atoms with Gasteiger partial charge in [0.2, 0.25) is 5.91 Å². The maximum Gasteiger partial charge on any atom is 0.245 e. The van der Waals surface area contributed by atoms with Gasteiger partial charge in [-0.3, -0.25) is 4.79 Å². The van der Waals surface area contributed by atoms with Gasteiger partial charge >= 0.3 is 0 Å². The molecule has 0 aliphatic carbocycles. The van der Waals surface area contributed by atoms with Gasteiger partial charge in [-0.2, -0.15) is 0 Å². The largest absolute Gasteiger partial charge is 0.375 e. The number of halogens is 1. The molecule has 4 nitrogen and oxygen atoms in total. The van der Waals surface area contributed by atoms with E-state index >= 15 is 0 Å². The fourth-order valence-electron chi connectivity index (χ4n) is 2.09. The van der Waals surface area contributed by atoms with Crippen molar-refractivity contribution in [3.63, 3.8) is 0 Å². The summed E-state index contributed by atoms with van der Waals surface area (Å²) in [5.74, 6) is -0.272. The molecule has 1 amide bonds. The first kappa shape index (κ1) is 15.4. The van der Waals surface area contributed by atoms with Crippen molar-refractivity contribution in [3.8, 4) is 0 Å². The van der Waals surface area contributed by atoms with Crippen LogP contribution in [0.25, 0.3) is 0 Å². The van der Waals surface area contributed by atoms with Gasteiger partial charge in [0.1, 0.15) is 6.04 Å². The van der Waals surface area contributed by atoms with Crippen LogP contribution in [-0.2, 0) is 4.79 Å². The second-order valence-corrected chi connectivity index (χ2v) is 5.32. The Labute approximate surface area is 129 Å². The molecule has 2 aromatic rings. The number of nitrogens with two attached hydrogens (primary N) is 1. The van der Waals surface area contributed by atoms with E-state index in [1.807, 2.05) is 49.3 Å². The monoisotopic (exact) mass is 303 g/mol. The molecule has 0 heterocycles. The zero-order valence-corrected chi connectivity index (χ0v) is 12.8. The summed E-state index contributed by atoms with van der Waals surface area (Å²) in [4.78, 5) is 14.2. The molecule has 0 saturated heterocycles. The van der Waals surface area contributed by atoms with Crippen molar-refractivity contribution in [2.24, 2.45) is 5.73 Å². The van der Waals surface area contributed by atoms with E-state index in [9.17, 15) is 4.79 Å². The minimum absolute atomic E-state index is 0.272. The predicted octanol–water partition coefficient (Wildman–Crippen LogP) is 3.04. The number of hydrogen-bond donors (Lipinski definition) is 2. The topological polar surface area (TPSA) is 58.4 Å². The first-order chi connectivity index (χ1) is 10.0. The molecule has 2 rings (SSSR count). The number of carbonyl (C=O) groups is 1. The van der Waals surface area contributed by atoms with Gasteiger partial charge in [0.05, 0.1) is 16.4 Å². The van der Waals surface area contributed by atoms with E-state index in [0.29, 0.717) is 10.7 Å². The zero-order chi connectivity index (χ0) is 15.4. The summed E-state index contributed by atoms with van der Waals surface area (Å²) in [6.45, 7) is 0. The highest BCUT2D eigenvalue weighted by Crippen LogP contribution is 2.32. The maximum absolute atomic E-state index is 12.3. The van der Waals surface area contributed by atoms with Crippen LogP contribution in [0.4, 0.5) is 11.4 Å². The Morgan fingerprint density at radius 2 is 1.81 bits per heavy atom. The highest BCUT2D eigenvalue weighted by atomic mass is 35.5. The molecule has 0 fully saturated rings. The lowest BCUT2D eigenvalue weighted by molar-refractivity contribution is -0.117. The summed E-state index contributed by atoms with van der Waals surface area (Å²) in [5, 5.41) is 3.42. The number of benzene rings is 2. The van der Waals surface area contributed by atoms with E-state index in [4.69, 9.17) is 17.3 Å². The normalized spacial score (nSPS) is 11.8. The molecule has 0 spiro atoms. The number of para-hydroxylation sites is 1. The lowest BCUT2D eigenvalue weighted by atomic mass is 10.1. The molecular formula is C16H18ClN3O. The van der Waals surface area contributed by atoms with Crippen molar-refractivity contribution in [3.05, 3.63) is 59.1 Å². The second kappa shape index (κ2) is 6.61. The summed E-state index contributed by atoms with van der Waals surface area (Å²) in [5.41, 5.74) is 8.16. The van der Waals surface area contributed by atoms with E-state index in [1.54, 1.807) is 18.2 Å². The van der Waals surface area contributed by atoms with Gasteiger partial charge in [-0.15, -0.1) is 0 Å². The van der Waals surface area contributed by atoms with Gasteiger partial charge in [-0.1, -0.05) is 48.0 Å². The summed E-state index contributed by atoms with van der Waals surface area (Å²) in [6, 6.07) is 13.9. The average molecular weight is 304 g/mol. The van der Waals surface area contributed by atoms with Crippen molar-refractivity contribution in [1.82, 2.24) is 0 Å². The van der Waals surface area contributed by atoms with Crippen molar-refractivity contribution < 1.29 is 4.79 Å². The van der Waals surface area contributed by atoms with E-state index in [-0.39, 0.29) is 5.91 Å². The standard InChI is InChI=1S/C16H18ClN3O/c1-20(2)15-12(17)9-6-10-13(15)19-16(21)14(18)11-7-4-3-5-8-11/h3-10,14H,18H2,1-2H3,(H,19,21). The Bertz CT molecular complexity index is 629. The van der Waals surface area contributed by atoms with Crippen LogP contribution in [0.5, 0.6) is 0 Å². The Morgan fingerprint density at radius 1 is 1.14 bits per heavy atom. The van der Waals surface area contributed by atoms with Crippen molar-refractivity contribution in [2.75, 3.05) is 24.3 Å². The van der Waals surface area contributed by atoms with Crippen LogP contribution < -0.4 is 16.0 Å². The van der Waals surface area contributed by atoms with E-state index < -0.39 is 6.04 Å². The van der Waals surface area contributed by atoms with Crippen molar-refractivity contribution in [1.29, 1.82) is 0 Å². The first-order valence-electron chi connectivity index (χ1n) is 6.58. The van der Waals surface area contributed by atoms with Gasteiger partial charge in [0.25, 0.3) is 0 Å². The number of nitrogens with one attached hydrogen (secondary N) is 1. The van der Waals surface area contributed by atoms with Gasteiger partial charge in [0.15, 0.2) is 0 Å². The van der Waals surface area contributed by atoms with Crippen molar-refractivity contribution in [2.45, 2.75) is 6.04 Å². The van der Waals surface area contributed by atoms with E-state index in [2.05, 4.69) is 5.32 Å². The average Bonchev–Trinajstić information content (AvgIpc) is 2.47. The minimum Gasteiger partial charge on any atom is -0.375 e. The molecule has 0 saturated carbocycles. The van der Waals surface area contributed by atoms with Crippen LogP contribution in [0.15, 0.2) is 48.5 Å². The molecule has 110 valence electrons. The van der Waals surface area contributed by atoms with Crippen LogP contribution >= 0.6 is 11.6 Å². The Hall–Kier alpha value is -2.04. The molecule has 0 bridgehead atoms. The minimum atomic E-state index is -0.722. The molecule has 0 radical (unpaired) electrons. The van der Waals surface area contributed by atoms with Gasteiger partial charge in [-0.05, 0) is 17.7 Å². The Kier molecular flexibility index (Phi) is 4.83. The molecule has 3 N–H and O–H groups in total. The molecular weight excluding hydrogens is 286 g/mol. The smallest absolute Gasteiger partial charge is 0.245 e. The SMILES string of the molecule is CN(C)c1c(Cl)cccc1NC(=O)C(N)c1ccccc1. The van der Waals surface area contributed by atoms with Crippen LogP contribution in [-0.4, -0.2) is 20.0 Å². The quantitative estimate of drug-likeness (QED) is 0.912. The third kappa shape index (κ3) is 3.54. The lowest BCUT2D eigenvalue weighted by Crippen LogP contribution is -2.28. The highest BCUT2D eigenvalue weighted by molar-refractivity contribution is 6.34. The van der Waals surface area contributed by atoms with Gasteiger partial charge < -0.3 is 16.0 Å². The van der Waals surface area contributed by atoms with Crippen LogP contribution in [0.1, 0.15) is 11.6 Å². The summed E-state index contributed by atoms with van der Waals surface area (Å²) < 4.78 is 0. The number of rotatable bonds is 4. The number of amides is 1. The third-order valence-electron chi connectivity index (χ3n) is 3.13. The van der Waals surface area contributed by atoms with E-state index in [0.717, 1.165) is 11.3 Å². The predicted molar refractivity (Wildman–Crippen MR) is 87.8 cm³/mol. The molecule has 0 aromatic heterocycles. The van der Waals surface area contributed by atoms with Crippen molar-refractivity contribution >= 4 is 28.9 Å². The Morgan fingerprint density at radius 3 is 2.43 bits per heavy atom. The van der Waals surface area contributed by atoms with Gasteiger partial charge in [0, 0.05) is 14.1 Å². The number of nitrogens with zero attached hydrogens (tertiary/aromatic N) is 1. The molecule has 21 heavy (non-hydrogen) atoms. The number of carbonyl (C=O) groups excluding carboxylic acids is 1. The number of anilines is 2. The first-order valence-corrected chi connectivity index (χ1v) is 6.95. The molecule has 1 unspecified atom stereocenters. The second-order valence-electron chi connectivity index (χ2n) is 4.91. The van der Waals surface area contributed by atoms with Crippen LogP contribution in [0.2, 0.25) is 5.02 Å². The molecule has 5 heteroatoms. The molecule has 2 aromatic carbocycles. The molecule has 0 aliphatic rings. The summed E-state index contributed by atoms with van der Waals surface area (Å²) >= 11 is 6.18. The fraction of sp³-hybridized carbons (Fsp3) is 0.188. The Balaban J connectivity index is 2.23. The summed E-state index contributed by atoms with van der Waals surface area (Å²) in [6.07, 6.45) is 0. The number of hydrogen-bond acceptors (Lipinski definition) is 3. The highest BCUT2D eigenvalue weighted by Gasteiger charge is 2.18. The molecule has 1 atom stereocenters. The third-order valence-corrected chi connectivity index (χ3v) is 3.44. The maximum atomic E-state index is 12.3. The molecule has 0 aliphatic heterocycles. The van der Waals surface area contributed by atoms with Gasteiger partial charge in [-0.25, -0.2) is 0 Å². The van der Waals surface area contributed by atoms with Crippen LogP contribution in [0.3, 0.4) is 0 Å². The van der Waals surface area contributed by atoms with Crippen LogP contribution in [0, 0.1) is 0 Å².